The monoisotopic (exact) mass is 312 g/mol. The SMILES string of the molecule is CN[C@@H](Cc1ccc(Oc2ncnc3[nH]ccc23)cc1)C(=O)O. The van der Waals surface area contributed by atoms with Crippen molar-refractivity contribution in [1.29, 1.82) is 0 Å². The Kier molecular flexibility index (Phi) is 4.20. The first-order valence-corrected chi connectivity index (χ1v) is 7.12. The summed E-state index contributed by atoms with van der Waals surface area (Å²) in [5, 5.41) is 12.6. The summed E-state index contributed by atoms with van der Waals surface area (Å²) < 4.78 is 5.78. The molecule has 0 aliphatic carbocycles. The second-order valence-electron chi connectivity index (χ2n) is 5.05. The molecule has 0 radical (unpaired) electrons. The predicted molar refractivity (Wildman–Crippen MR) is 84.6 cm³/mol. The summed E-state index contributed by atoms with van der Waals surface area (Å²) in [6.45, 7) is 0. The van der Waals surface area contributed by atoms with Crippen molar-refractivity contribution in [2.45, 2.75) is 12.5 Å². The van der Waals surface area contributed by atoms with Crippen LogP contribution >= 0.6 is 0 Å². The fourth-order valence-corrected chi connectivity index (χ4v) is 2.28. The van der Waals surface area contributed by atoms with Gasteiger partial charge in [-0.1, -0.05) is 12.1 Å². The predicted octanol–water partition coefficient (Wildman–Crippen LogP) is 1.97. The van der Waals surface area contributed by atoms with E-state index in [9.17, 15) is 4.79 Å². The zero-order valence-corrected chi connectivity index (χ0v) is 12.5. The maximum Gasteiger partial charge on any atom is 0.321 e. The molecule has 0 bridgehead atoms. The Balaban J connectivity index is 1.75. The lowest BCUT2D eigenvalue weighted by Crippen LogP contribution is -2.35. The van der Waals surface area contributed by atoms with E-state index in [0.29, 0.717) is 23.7 Å². The molecule has 1 atom stereocenters. The van der Waals surface area contributed by atoms with Gasteiger partial charge in [0.15, 0.2) is 0 Å². The number of hydrogen-bond donors (Lipinski definition) is 3. The van der Waals surface area contributed by atoms with Gasteiger partial charge in [0.2, 0.25) is 5.88 Å². The van der Waals surface area contributed by atoms with Crippen LogP contribution in [0.15, 0.2) is 42.9 Å². The number of nitrogens with one attached hydrogen (secondary N) is 2. The molecule has 0 aliphatic heterocycles. The number of aromatic nitrogens is 3. The van der Waals surface area contributed by atoms with Crippen molar-refractivity contribution in [3.8, 4) is 11.6 Å². The smallest absolute Gasteiger partial charge is 0.321 e. The van der Waals surface area contributed by atoms with E-state index in [1.807, 2.05) is 18.2 Å². The van der Waals surface area contributed by atoms with E-state index in [4.69, 9.17) is 9.84 Å². The van der Waals surface area contributed by atoms with Crippen LogP contribution in [0.4, 0.5) is 0 Å². The van der Waals surface area contributed by atoms with Gasteiger partial charge in [-0.25, -0.2) is 9.97 Å². The van der Waals surface area contributed by atoms with Crippen LogP contribution in [0.2, 0.25) is 0 Å². The summed E-state index contributed by atoms with van der Waals surface area (Å²) in [4.78, 5) is 22.3. The van der Waals surface area contributed by atoms with Gasteiger partial charge in [0.25, 0.3) is 0 Å². The van der Waals surface area contributed by atoms with Crippen molar-refractivity contribution in [2.24, 2.45) is 0 Å². The van der Waals surface area contributed by atoms with Crippen molar-refractivity contribution < 1.29 is 14.6 Å². The maximum atomic E-state index is 11.0. The molecule has 0 unspecified atom stereocenters. The number of likely N-dealkylation sites (N-methyl/N-ethyl adjacent to an activating group) is 1. The van der Waals surface area contributed by atoms with Crippen molar-refractivity contribution in [1.82, 2.24) is 20.3 Å². The van der Waals surface area contributed by atoms with Crippen molar-refractivity contribution in [2.75, 3.05) is 7.05 Å². The zero-order valence-electron chi connectivity index (χ0n) is 12.5. The summed E-state index contributed by atoms with van der Waals surface area (Å²) in [6, 6.07) is 8.53. The van der Waals surface area contributed by atoms with Gasteiger partial charge in [0.05, 0.1) is 5.39 Å². The summed E-state index contributed by atoms with van der Waals surface area (Å²) in [5.74, 6) is 0.234. The Morgan fingerprint density at radius 2 is 2.09 bits per heavy atom. The minimum Gasteiger partial charge on any atom is -0.480 e. The highest BCUT2D eigenvalue weighted by atomic mass is 16.5. The number of benzene rings is 1. The van der Waals surface area contributed by atoms with E-state index >= 15 is 0 Å². The van der Waals surface area contributed by atoms with Crippen molar-refractivity contribution >= 4 is 17.0 Å². The topological polar surface area (TPSA) is 100 Å². The number of nitrogens with zero attached hydrogens (tertiary/aromatic N) is 2. The highest BCUT2D eigenvalue weighted by Gasteiger charge is 2.15. The molecule has 3 aromatic rings. The Morgan fingerprint density at radius 1 is 1.30 bits per heavy atom. The molecule has 0 spiro atoms. The number of carboxylic acid groups (broad SMARTS) is 1. The van der Waals surface area contributed by atoms with E-state index in [1.165, 1.54) is 6.33 Å². The zero-order chi connectivity index (χ0) is 16.2. The van der Waals surface area contributed by atoms with E-state index < -0.39 is 12.0 Å². The Bertz CT molecular complexity index is 814. The molecule has 0 saturated carbocycles. The van der Waals surface area contributed by atoms with Gasteiger partial charge in [-0.05, 0) is 37.2 Å². The molecule has 3 N–H and O–H groups in total. The second kappa shape index (κ2) is 6.45. The molecule has 118 valence electrons. The van der Waals surface area contributed by atoms with E-state index in [2.05, 4.69) is 20.3 Å². The molecule has 0 fully saturated rings. The third kappa shape index (κ3) is 3.29. The number of aromatic amines is 1. The molecule has 0 aliphatic rings. The fourth-order valence-electron chi connectivity index (χ4n) is 2.28. The standard InChI is InChI=1S/C16H16N4O3/c1-17-13(16(21)22)8-10-2-4-11(5-3-10)23-15-12-6-7-18-14(12)19-9-20-15/h2-7,9,13,17H,8H2,1H3,(H,21,22)(H,18,19,20)/t13-/m0/s1. The lowest BCUT2D eigenvalue weighted by Gasteiger charge is -2.11. The first-order chi connectivity index (χ1) is 11.2. The number of carbonyl (C=O) groups is 1. The molecule has 2 heterocycles. The fraction of sp³-hybridized carbons (Fsp3) is 0.188. The van der Waals surface area contributed by atoms with Crippen LogP contribution in [-0.4, -0.2) is 39.1 Å². The molecule has 7 nitrogen and oxygen atoms in total. The van der Waals surface area contributed by atoms with E-state index in [0.717, 1.165) is 10.9 Å². The van der Waals surface area contributed by atoms with Gasteiger partial charge in [-0.2, -0.15) is 0 Å². The van der Waals surface area contributed by atoms with E-state index in [-0.39, 0.29) is 0 Å². The van der Waals surface area contributed by atoms with E-state index in [1.54, 1.807) is 25.4 Å². The van der Waals surface area contributed by atoms with Gasteiger partial charge >= 0.3 is 5.97 Å². The molecule has 1 aromatic carbocycles. The van der Waals surface area contributed by atoms with Gasteiger partial charge in [-0.3, -0.25) is 4.79 Å². The number of fused-ring (bicyclic) bond motifs is 1. The average Bonchev–Trinajstić information content (AvgIpc) is 3.03. The largest absolute Gasteiger partial charge is 0.480 e. The quantitative estimate of drug-likeness (QED) is 0.643. The lowest BCUT2D eigenvalue weighted by molar-refractivity contribution is -0.139. The van der Waals surface area contributed by atoms with Gasteiger partial charge in [0.1, 0.15) is 23.8 Å². The number of ether oxygens (including phenoxy) is 1. The van der Waals surface area contributed by atoms with Crippen LogP contribution in [0, 0.1) is 0 Å². The van der Waals surface area contributed by atoms with Gasteiger partial charge < -0.3 is 20.1 Å². The highest BCUT2D eigenvalue weighted by Crippen LogP contribution is 2.26. The number of carboxylic acids is 1. The van der Waals surface area contributed by atoms with Crippen molar-refractivity contribution in [3.05, 3.63) is 48.4 Å². The highest BCUT2D eigenvalue weighted by molar-refractivity contribution is 5.80. The Labute approximate surface area is 132 Å². The van der Waals surface area contributed by atoms with Crippen LogP contribution in [0.3, 0.4) is 0 Å². The average molecular weight is 312 g/mol. The third-order valence-electron chi connectivity index (χ3n) is 3.54. The number of H-pyrrole nitrogens is 1. The minimum atomic E-state index is -0.872. The summed E-state index contributed by atoms with van der Waals surface area (Å²) in [5.41, 5.74) is 1.62. The number of aliphatic carboxylic acids is 1. The molecule has 23 heavy (non-hydrogen) atoms. The van der Waals surface area contributed by atoms with Gasteiger partial charge in [0, 0.05) is 6.20 Å². The molecule has 0 amide bonds. The number of rotatable bonds is 6. The molecular formula is C16H16N4O3. The lowest BCUT2D eigenvalue weighted by atomic mass is 10.1. The number of hydrogen-bond acceptors (Lipinski definition) is 5. The Hall–Kier alpha value is -2.93. The molecule has 0 saturated heterocycles. The Morgan fingerprint density at radius 3 is 2.78 bits per heavy atom. The minimum absolute atomic E-state index is 0.404. The summed E-state index contributed by atoms with van der Waals surface area (Å²) >= 11 is 0. The third-order valence-corrected chi connectivity index (χ3v) is 3.54. The van der Waals surface area contributed by atoms with Crippen LogP contribution in [0.5, 0.6) is 11.6 Å². The summed E-state index contributed by atoms with van der Waals surface area (Å²) in [6.07, 6.45) is 3.62. The molecular weight excluding hydrogens is 296 g/mol. The summed E-state index contributed by atoms with van der Waals surface area (Å²) in [7, 11) is 1.63. The maximum absolute atomic E-state index is 11.0. The van der Waals surface area contributed by atoms with Crippen LogP contribution in [0.25, 0.3) is 11.0 Å². The molecule has 2 aromatic heterocycles. The van der Waals surface area contributed by atoms with Gasteiger partial charge in [-0.15, -0.1) is 0 Å². The first kappa shape index (κ1) is 15.0. The van der Waals surface area contributed by atoms with Crippen molar-refractivity contribution in [3.63, 3.8) is 0 Å². The second-order valence-corrected chi connectivity index (χ2v) is 5.05. The molecule has 3 rings (SSSR count). The van der Waals surface area contributed by atoms with Crippen LogP contribution < -0.4 is 10.1 Å². The van der Waals surface area contributed by atoms with Crippen LogP contribution in [-0.2, 0) is 11.2 Å². The van der Waals surface area contributed by atoms with Crippen LogP contribution in [0.1, 0.15) is 5.56 Å². The first-order valence-electron chi connectivity index (χ1n) is 7.12. The normalized spacial score (nSPS) is 12.2. The molecule has 7 heteroatoms.